The molecule has 0 saturated heterocycles. The number of amidine groups is 1. The normalized spacial score (nSPS) is 18.3. The highest BCUT2D eigenvalue weighted by Crippen LogP contribution is 2.29. The molecule has 2 aliphatic rings. The van der Waals surface area contributed by atoms with Gasteiger partial charge in [0.05, 0.1) is 12.1 Å². The van der Waals surface area contributed by atoms with E-state index >= 15 is 0 Å². The molecule has 7 N–H and O–H groups in total. The van der Waals surface area contributed by atoms with Gasteiger partial charge in [0.1, 0.15) is 24.9 Å². The zero-order chi connectivity index (χ0) is 27.8. The number of hydrogen-bond donors (Lipinski definition) is 5. The van der Waals surface area contributed by atoms with Crippen LogP contribution in [0.1, 0.15) is 94.9 Å². The molecule has 0 radical (unpaired) electrons. The van der Waals surface area contributed by atoms with E-state index in [0.29, 0.717) is 30.9 Å². The highest BCUT2D eigenvalue weighted by molar-refractivity contribution is 5.99. The predicted molar refractivity (Wildman–Crippen MR) is 144 cm³/mol. The maximum atomic E-state index is 12.1. The van der Waals surface area contributed by atoms with Gasteiger partial charge >= 0.3 is 11.9 Å². The number of aryl methyl sites for hydroxylation is 1. The van der Waals surface area contributed by atoms with Crippen molar-refractivity contribution in [2.75, 3.05) is 6.61 Å². The number of nitriles is 1. The van der Waals surface area contributed by atoms with Gasteiger partial charge in [-0.05, 0) is 56.6 Å². The molecule has 0 bridgehead atoms. The van der Waals surface area contributed by atoms with Crippen molar-refractivity contribution in [3.8, 4) is 6.26 Å². The summed E-state index contributed by atoms with van der Waals surface area (Å²) >= 11 is 0. The molecular formula is C27H42N6O5. The molecule has 1 heterocycles. The number of aromatic nitrogens is 1. The molecule has 2 saturated carbocycles. The Labute approximate surface area is 224 Å². The van der Waals surface area contributed by atoms with Crippen LogP contribution in [0.25, 0.3) is 0 Å². The third kappa shape index (κ3) is 11.8. The molecule has 3 rings (SSSR count). The molecular weight excluding hydrogens is 488 g/mol. The first kappa shape index (κ1) is 30.8. The first-order valence-electron chi connectivity index (χ1n) is 13.5. The molecule has 2 fully saturated rings. The number of carboxylic acids is 1. The van der Waals surface area contributed by atoms with Gasteiger partial charge in [0.25, 0.3) is 6.26 Å². The van der Waals surface area contributed by atoms with Crippen LogP contribution in [-0.2, 0) is 25.5 Å². The van der Waals surface area contributed by atoms with Gasteiger partial charge in [-0.25, -0.2) is 4.99 Å². The number of ether oxygens (including phenoxy) is 2. The highest BCUT2D eigenvalue weighted by atomic mass is 16.6. The smallest absolute Gasteiger partial charge is 0.307 e. The van der Waals surface area contributed by atoms with E-state index < -0.39 is 17.6 Å². The molecule has 1 unspecified atom stereocenters. The van der Waals surface area contributed by atoms with Crippen molar-refractivity contribution in [2.24, 2.45) is 22.4 Å². The maximum absolute atomic E-state index is 12.1. The monoisotopic (exact) mass is 530 g/mol. The molecule has 11 nitrogen and oxygen atoms in total. The van der Waals surface area contributed by atoms with Gasteiger partial charge in [-0.15, -0.1) is 0 Å². The highest BCUT2D eigenvalue weighted by Gasteiger charge is 2.31. The van der Waals surface area contributed by atoms with Gasteiger partial charge in [-0.1, -0.05) is 38.5 Å². The molecule has 1 aromatic heterocycles. The summed E-state index contributed by atoms with van der Waals surface area (Å²) in [6.45, 7) is 0.00738. The SMILES string of the molecule is N#COC(CCc1ccc(C(N)=NC=N)[nH]1)COC(=O)CC1(N)CCCCC1.O=C(O)CC1CCCCC1. The fourth-order valence-corrected chi connectivity index (χ4v) is 5.04. The van der Waals surface area contributed by atoms with Crippen LogP contribution in [0.15, 0.2) is 17.1 Å². The zero-order valence-corrected chi connectivity index (χ0v) is 22.1. The summed E-state index contributed by atoms with van der Waals surface area (Å²) in [5.74, 6) is -0.287. The summed E-state index contributed by atoms with van der Waals surface area (Å²) in [4.78, 5) is 29.2. The third-order valence-electron chi connectivity index (χ3n) is 7.15. The van der Waals surface area contributed by atoms with E-state index in [1.807, 2.05) is 6.07 Å². The number of nitrogens with two attached hydrogens (primary N) is 2. The molecule has 210 valence electrons. The van der Waals surface area contributed by atoms with Crippen molar-refractivity contribution in [3.63, 3.8) is 0 Å². The average Bonchev–Trinajstić information content (AvgIpc) is 3.36. The van der Waals surface area contributed by atoms with Gasteiger partial charge in [-0.3, -0.25) is 15.0 Å². The summed E-state index contributed by atoms with van der Waals surface area (Å²) in [6.07, 6.45) is 14.6. The lowest BCUT2D eigenvalue weighted by Crippen LogP contribution is -2.44. The van der Waals surface area contributed by atoms with E-state index in [0.717, 1.165) is 57.0 Å². The first-order valence-corrected chi connectivity index (χ1v) is 13.5. The van der Waals surface area contributed by atoms with E-state index in [1.54, 1.807) is 12.3 Å². The fraction of sp³-hybridized carbons (Fsp3) is 0.667. The molecule has 0 amide bonds. The minimum atomic E-state index is -0.632. The molecule has 0 aliphatic heterocycles. The van der Waals surface area contributed by atoms with Crippen LogP contribution in [0.5, 0.6) is 0 Å². The van der Waals surface area contributed by atoms with Gasteiger partial charge in [-0.2, -0.15) is 5.26 Å². The second-order valence-corrected chi connectivity index (χ2v) is 10.3. The van der Waals surface area contributed by atoms with Crippen LogP contribution in [0.3, 0.4) is 0 Å². The predicted octanol–water partition coefficient (Wildman–Crippen LogP) is 3.76. The summed E-state index contributed by atoms with van der Waals surface area (Å²) in [5, 5.41) is 24.3. The van der Waals surface area contributed by atoms with Gasteiger partial charge in [0.15, 0.2) is 0 Å². The Morgan fingerprint density at radius 3 is 2.55 bits per heavy atom. The molecule has 2 aliphatic carbocycles. The average molecular weight is 531 g/mol. The van der Waals surface area contributed by atoms with Crippen LogP contribution < -0.4 is 11.5 Å². The van der Waals surface area contributed by atoms with Crippen molar-refractivity contribution in [1.82, 2.24) is 4.98 Å². The van der Waals surface area contributed by atoms with Crippen LogP contribution in [0, 0.1) is 22.8 Å². The van der Waals surface area contributed by atoms with E-state index in [-0.39, 0.29) is 24.8 Å². The Balaban J connectivity index is 0.000000423. The number of aliphatic carboxylic acids is 1. The number of hydrogen-bond acceptors (Lipinski definition) is 7. The summed E-state index contributed by atoms with van der Waals surface area (Å²) in [7, 11) is 0. The second kappa shape index (κ2) is 16.5. The van der Waals surface area contributed by atoms with Crippen LogP contribution in [-0.4, -0.2) is 52.5 Å². The van der Waals surface area contributed by atoms with Crippen molar-refractivity contribution < 1.29 is 24.2 Å². The van der Waals surface area contributed by atoms with Crippen molar-refractivity contribution in [2.45, 2.75) is 102 Å². The molecule has 0 spiro atoms. The third-order valence-corrected chi connectivity index (χ3v) is 7.15. The molecule has 1 aromatic rings. The first-order chi connectivity index (χ1) is 18.2. The minimum absolute atomic E-state index is 0.00738. The molecule has 1 atom stereocenters. The fourth-order valence-electron chi connectivity index (χ4n) is 5.04. The van der Waals surface area contributed by atoms with Crippen LogP contribution in [0.4, 0.5) is 0 Å². The standard InChI is InChI=1S/C19H28N6O3.C8H14O2/c20-12-24-18(22)16-7-5-14(25-16)4-6-15(28-13-21)11-27-17(26)10-19(23)8-2-1-3-9-19;9-8(10)6-7-4-2-1-3-5-7/h5,7,12,15,25H,1-4,6,8-11,23H2,(H3,20,22,24);7H,1-6H2,(H,9,10). The Morgan fingerprint density at radius 2 is 1.92 bits per heavy atom. The largest absolute Gasteiger partial charge is 0.481 e. The van der Waals surface area contributed by atoms with E-state index in [4.69, 9.17) is 36.7 Å². The van der Waals surface area contributed by atoms with Crippen molar-refractivity contribution in [1.29, 1.82) is 10.7 Å². The molecule has 11 heteroatoms. The van der Waals surface area contributed by atoms with Crippen LogP contribution in [0.2, 0.25) is 0 Å². The quantitative estimate of drug-likeness (QED) is 0.116. The topological polar surface area (TPSA) is 201 Å². The maximum Gasteiger partial charge on any atom is 0.307 e. The number of esters is 1. The number of nitrogens with zero attached hydrogens (tertiary/aromatic N) is 2. The van der Waals surface area contributed by atoms with E-state index in [1.165, 1.54) is 19.3 Å². The Morgan fingerprint density at radius 1 is 1.24 bits per heavy atom. The van der Waals surface area contributed by atoms with Crippen molar-refractivity contribution >= 4 is 24.1 Å². The number of carbonyl (C=O) groups excluding carboxylic acids is 1. The number of carbonyl (C=O) groups is 2. The number of nitrogens with one attached hydrogen (secondary N) is 2. The summed E-state index contributed by atoms with van der Waals surface area (Å²) < 4.78 is 10.3. The zero-order valence-electron chi connectivity index (χ0n) is 22.1. The summed E-state index contributed by atoms with van der Waals surface area (Å²) in [6, 6.07) is 3.61. The lowest BCUT2D eigenvalue weighted by atomic mass is 9.80. The van der Waals surface area contributed by atoms with E-state index in [2.05, 4.69) is 9.98 Å². The van der Waals surface area contributed by atoms with Crippen LogP contribution >= 0.6 is 0 Å². The Hall–Kier alpha value is -3.39. The van der Waals surface area contributed by atoms with Crippen molar-refractivity contribution in [3.05, 3.63) is 23.5 Å². The lowest BCUT2D eigenvalue weighted by Gasteiger charge is -2.32. The van der Waals surface area contributed by atoms with Gasteiger partial charge in [0, 0.05) is 17.7 Å². The number of aromatic amines is 1. The number of carboxylic acid groups (broad SMARTS) is 1. The molecule has 0 aromatic carbocycles. The minimum Gasteiger partial charge on any atom is -0.481 e. The second-order valence-electron chi connectivity index (χ2n) is 10.3. The number of H-pyrrole nitrogens is 1. The Kier molecular flexibility index (Phi) is 13.3. The number of aliphatic imine (C=N–C) groups is 1. The Bertz CT molecular complexity index is 957. The number of rotatable bonds is 12. The molecule has 38 heavy (non-hydrogen) atoms. The summed E-state index contributed by atoms with van der Waals surface area (Å²) in [5.41, 5.74) is 13.0. The van der Waals surface area contributed by atoms with Gasteiger partial charge < -0.3 is 31.0 Å². The van der Waals surface area contributed by atoms with E-state index in [9.17, 15) is 9.59 Å². The lowest BCUT2D eigenvalue weighted by molar-refractivity contribution is -0.148. The van der Waals surface area contributed by atoms with Gasteiger partial charge in [0.2, 0.25) is 0 Å².